The first kappa shape index (κ1) is 10.8. The molecule has 1 aromatic rings. The van der Waals surface area contributed by atoms with Crippen LogP contribution < -0.4 is 0 Å². The van der Waals surface area contributed by atoms with E-state index < -0.39 is 11.9 Å². The van der Waals surface area contributed by atoms with Gasteiger partial charge in [-0.05, 0) is 17.7 Å². The number of nitriles is 1. The van der Waals surface area contributed by atoms with E-state index in [-0.39, 0.29) is 17.1 Å². The Morgan fingerprint density at radius 2 is 2.07 bits per heavy atom. The molecular formula is C8H4ClF3N2. The van der Waals surface area contributed by atoms with Crippen molar-refractivity contribution in [1.29, 1.82) is 5.26 Å². The van der Waals surface area contributed by atoms with Gasteiger partial charge in [0.25, 0.3) is 0 Å². The molecule has 74 valence electrons. The number of hydrogen-bond donors (Lipinski definition) is 0. The molecule has 0 saturated heterocycles. The Morgan fingerprint density at radius 1 is 1.43 bits per heavy atom. The summed E-state index contributed by atoms with van der Waals surface area (Å²) in [7, 11) is 0. The predicted molar refractivity (Wildman–Crippen MR) is 43.5 cm³/mol. The minimum Gasteiger partial charge on any atom is -0.233 e. The van der Waals surface area contributed by atoms with Gasteiger partial charge in [-0.1, -0.05) is 0 Å². The molecule has 14 heavy (non-hydrogen) atoms. The van der Waals surface area contributed by atoms with Gasteiger partial charge in [-0.15, -0.1) is 11.6 Å². The normalized spacial score (nSPS) is 11.1. The van der Waals surface area contributed by atoms with Crippen LogP contribution in [0.25, 0.3) is 0 Å². The highest BCUT2D eigenvalue weighted by Crippen LogP contribution is 2.28. The lowest BCUT2D eigenvalue weighted by Crippen LogP contribution is -2.09. The summed E-state index contributed by atoms with van der Waals surface area (Å²) in [6.07, 6.45) is -4.55. The van der Waals surface area contributed by atoms with E-state index in [2.05, 4.69) is 4.98 Å². The molecular weight excluding hydrogens is 217 g/mol. The molecule has 0 unspecified atom stereocenters. The molecule has 0 saturated carbocycles. The zero-order valence-electron chi connectivity index (χ0n) is 6.77. The molecule has 0 bridgehead atoms. The molecule has 2 nitrogen and oxygen atoms in total. The minimum absolute atomic E-state index is 0.0831. The molecule has 6 heteroatoms. The van der Waals surface area contributed by atoms with E-state index in [1.165, 1.54) is 6.07 Å². The van der Waals surface area contributed by atoms with E-state index >= 15 is 0 Å². The predicted octanol–water partition coefficient (Wildman–Crippen LogP) is 2.71. The van der Waals surface area contributed by atoms with Crippen LogP contribution in [0.1, 0.15) is 17.0 Å². The van der Waals surface area contributed by atoms with Crippen molar-refractivity contribution in [3.8, 4) is 6.07 Å². The van der Waals surface area contributed by atoms with Gasteiger partial charge in [0.1, 0.15) is 17.5 Å². The van der Waals surface area contributed by atoms with E-state index in [9.17, 15) is 13.2 Å². The maximum absolute atomic E-state index is 12.2. The quantitative estimate of drug-likeness (QED) is 0.683. The van der Waals surface area contributed by atoms with Crippen LogP contribution in [0.3, 0.4) is 0 Å². The zero-order valence-corrected chi connectivity index (χ0v) is 7.52. The lowest BCUT2D eigenvalue weighted by Gasteiger charge is -2.06. The number of aromatic nitrogens is 1. The summed E-state index contributed by atoms with van der Waals surface area (Å²) in [6.45, 7) is 0. The highest BCUT2D eigenvalue weighted by Gasteiger charge is 2.33. The number of pyridine rings is 1. The Balaban J connectivity index is 3.26. The second kappa shape index (κ2) is 3.84. The van der Waals surface area contributed by atoms with E-state index in [4.69, 9.17) is 16.9 Å². The fourth-order valence-electron chi connectivity index (χ4n) is 0.867. The molecule has 0 aliphatic carbocycles. The molecule has 1 aromatic heterocycles. The summed E-state index contributed by atoms with van der Waals surface area (Å²) in [5, 5.41) is 8.42. The SMILES string of the molecule is N#Cc1cc(CCl)cc(C(F)(F)F)n1. The summed E-state index contributed by atoms with van der Waals surface area (Å²) in [5.41, 5.74) is -1.15. The van der Waals surface area contributed by atoms with Gasteiger partial charge in [-0.2, -0.15) is 18.4 Å². The number of alkyl halides is 4. The van der Waals surface area contributed by atoms with Crippen LogP contribution in [0.4, 0.5) is 13.2 Å². The van der Waals surface area contributed by atoms with E-state index in [0.717, 1.165) is 6.07 Å². The Hall–Kier alpha value is -1.28. The first-order valence-electron chi connectivity index (χ1n) is 3.51. The highest BCUT2D eigenvalue weighted by molar-refractivity contribution is 6.17. The van der Waals surface area contributed by atoms with Crippen LogP contribution in [0.2, 0.25) is 0 Å². The molecule has 0 N–H and O–H groups in total. The van der Waals surface area contributed by atoms with Gasteiger partial charge in [0.2, 0.25) is 0 Å². The standard InChI is InChI=1S/C8H4ClF3N2/c9-3-5-1-6(4-13)14-7(2-5)8(10,11)12/h1-2H,3H2. The molecule has 0 amide bonds. The largest absolute Gasteiger partial charge is 0.433 e. The van der Waals surface area contributed by atoms with Crippen LogP contribution in [0.5, 0.6) is 0 Å². The minimum atomic E-state index is -4.55. The van der Waals surface area contributed by atoms with Crippen LogP contribution in [-0.4, -0.2) is 4.98 Å². The lowest BCUT2D eigenvalue weighted by atomic mass is 10.2. The second-order valence-electron chi connectivity index (χ2n) is 2.49. The zero-order chi connectivity index (χ0) is 10.8. The van der Waals surface area contributed by atoms with Crippen molar-refractivity contribution in [2.24, 2.45) is 0 Å². The molecule has 0 spiro atoms. The number of hydrogen-bond acceptors (Lipinski definition) is 2. The summed E-state index contributed by atoms with van der Waals surface area (Å²) in [6, 6.07) is 3.60. The summed E-state index contributed by atoms with van der Waals surface area (Å²) < 4.78 is 36.6. The lowest BCUT2D eigenvalue weighted by molar-refractivity contribution is -0.141. The molecule has 0 aliphatic heterocycles. The van der Waals surface area contributed by atoms with Crippen molar-refractivity contribution in [3.05, 3.63) is 29.1 Å². The van der Waals surface area contributed by atoms with Crippen molar-refractivity contribution >= 4 is 11.6 Å². The van der Waals surface area contributed by atoms with Crippen LogP contribution in [0, 0.1) is 11.3 Å². The smallest absolute Gasteiger partial charge is 0.233 e. The summed E-state index contributed by atoms with van der Waals surface area (Å²) >= 11 is 5.37. The number of nitrogens with zero attached hydrogens (tertiary/aromatic N) is 2. The van der Waals surface area contributed by atoms with Gasteiger partial charge >= 0.3 is 6.18 Å². The summed E-state index contributed by atoms with van der Waals surface area (Å²) in [5.74, 6) is -0.0831. The Morgan fingerprint density at radius 3 is 2.50 bits per heavy atom. The van der Waals surface area contributed by atoms with E-state index in [1.54, 1.807) is 6.07 Å². The Kier molecular flexibility index (Phi) is 2.96. The van der Waals surface area contributed by atoms with E-state index in [0.29, 0.717) is 0 Å². The highest BCUT2D eigenvalue weighted by atomic mass is 35.5. The third-order valence-electron chi connectivity index (χ3n) is 1.44. The number of rotatable bonds is 1. The molecule has 1 heterocycles. The maximum atomic E-state index is 12.2. The average molecular weight is 221 g/mol. The van der Waals surface area contributed by atoms with Crippen LogP contribution in [0.15, 0.2) is 12.1 Å². The van der Waals surface area contributed by atoms with Gasteiger partial charge in [-0.3, -0.25) is 0 Å². The Bertz CT molecular complexity index is 381. The van der Waals surface area contributed by atoms with Gasteiger partial charge in [-0.25, -0.2) is 4.98 Å². The second-order valence-corrected chi connectivity index (χ2v) is 2.76. The fraction of sp³-hybridized carbons (Fsp3) is 0.250. The molecule has 0 radical (unpaired) electrons. The van der Waals surface area contributed by atoms with Gasteiger partial charge < -0.3 is 0 Å². The van der Waals surface area contributed by atoms with Gasteiger partial charge in [0.05, 0.1) is 0 Å². The molecule has 0 fully saturated rings. The molecule has 1 rings (SSSR count). The van der Waals surface area contributed by atoms with Crippen molar-refractivity contribution in [2.45, 2.75) is 12.1 Å². The monoisotopic (exact) mass is 220 g/mol. The third kappa shape index (κ3) is 2.36. The number of halogens is 4. The first-order chi connectivity index (χ1) is 6.47. The van der Waals surface area contributed by atoms with Gasteiger partial charge in [0, 0.05) is 5.88 Å². The first-order valence-corrected chi connectivity index (χ1v) is 4.05. The van der Waals surface area contributed by atoms with Gasteiger partial charge in [0.15, 0.2) is 0 Å². The molecule has 0 aliphatic rings. The average Bonchev–Trinajstić information content (AvgIpc) is 2.15. The van der Waals surface area contributed by atoms with Crippen LogP contribution in [-0.2, 0) is 12.1 Å². The third-order valence-corrected chi connectivity index (χ3v) is 1.75. The fourth-order valence-corrected chi connectivity index (χ4v) is 1.02. The van der Waals surface area contributed by atoms with Crippen molar-refractivity contribution in [1.82, 2.24) is 4.98 Å². The van der Waals surface area contributed by atoms with Crippen LogP contribution >= 0.6 is 11.6 Å². The Labute approximate surface area is 82.9 Å². The van der Waals surface area contributed by atoms with E-state index in [1.807, 2.05) is 0 Å². The maximum Gasteiger partial charge on any atom is 0.433 e. The molecule has 0 aromatic carbocycles. The van der Waals surface area contributed by atoms with Crippen molar-refractivity contribution < 1.29 is 13.2 Å². The summed E-state index contributed by atoms with van der Waals surface area (Å²) in [4.78, 5) is 3.13. The van der Waals surface area contributed by atoms with Crippen molar-refractivity contribution in [3.63, 3.8) is 0 Å². The topological polar surface area (TPSA) is 36.7 Å². The molecule has 0 atom stereocenters. The van der Waals surface area contributed by atoms with Crippen molar-refractivity contribution in [2.75, 3.05) is 0 Å².